The number of H-pyrrole nitrogens is 1. The molecule has 0 radical (unpaired) electrons. The van der Waals surface area contributed by atoms with Crippen LogP contribution in [0.15, 0.2) is 47.5 Å². The number of hydrogen-bond acceptors (Lipinski definition) is 4. The van der Waals surface area contributed by atoms with Gasteiger partial charge in [-0.15, -0.1) is 10.2 Å². The van der Waals surface area contributed by atoms with Crippen molar-refractivity contribution in [3.8, 4) is 5.69 Å². The van der Waals surface area contributed by atoms with Crippen molar-refractivity contribution < 1.29 is 4.79 Å². The van der Waals surface area contributed by atoms with E-state index >= 15 is 0 Å². The number of fused-ring (bicyclic) bond motifs is 1. The average Bonchev–Trinajstić information content (AvgIpc) is 3.15. The molecule has 27 heavy (non-hydrogen) atoms. The molecule has 3 aromatic rings. The number of nitrogens with zero attached hydrogens (tertiary/aromatic N) is 3. The van der Waals surface area contributed by atoms with Gasteiger partial charge in [-0.25, -0.2) is 0 Å². The molecular weight excluding hydrogens is 342 g/mol. The fourth-order valence-corrected chi connectivity index (χ4v) is 3.56. The predicted molar refractivity (Wildman–Crippen MR) is 102 cm³/mol. The number of benzene rings is 1. The number of anilines is 1. The van der Waals surface area contributed by atoms with Crippen LogP contribution in [0.5, 0.6) is 0 Å². The highest BCUT2D eigenvalue weighted by Gasteiger charge is 2.22. The minimum absolute atomic E-state index is 0.105. The fourth-order valence-electron chi connectivity index (χ4n) is 3.56. The van der Waals surface area contributed by atoms with Crippen LogP contribution in [-0.4, -0.2) is 25.7 Å². The van der Waals surface area contributed by atoms with Crippen molar-refractivity contribution >= 4 is 11.9 Å². The number of aromatic nitrogens is 4. The zero-order chi connectivity index (χ0) is 18.8. The molecule has 0 saturated heterocycles. The first-order chi connectivity index (χ1) is 13.2. The number of pyridine rings is 1. The van der Waals surface area contributed by atoms with E-state index in [2.05, 4.69) is 27.4 Å². The SMILES string of the molecule is CCC1CCc2[nH]c(=O)c(C(=O)Nc3nncn3-c3ccccc3)cc2C1. The maximum absolute atomic E-state index is 12.7. The van der Waals surface area contributed by atoms with E-state index in [9.17, 15) is 9.59 Å². The van der Waals surface area contributed by atoms with Crippen LogP contribution in [0.1, 0.15) is 41.4 Å². The normalized spacial score (nSPS) is 16.0. The number of aryl methyl sites for hydroxylation is 1. The Morgan fingerprint density at radius 1 is 1.33 bits per heavy atom. The van der Waals surface area contributed by atoms with Crippen LogP contribution in [-0.2, 0) is 12.8 Å². The number of para-hydroxylation sites is 1. The third kappa shape index (κ3) is 3.40. The molecule has 1 unspecified atom stereocenters. The summed E-state index contributed by atoms with van der Waals surface area (Å²) >= 11 is 0. The van der Waals surface area contributed by atoms with Gasteiger partial charge in [0.1, 0.15) is 11.9 Å². The van der Waals surface area contributed by atoms with Gasteiger partial charge in [-0.1, -0.05) is 31.5 Å². The standard InChI is InChI=1S/C20H21N5O2/c1-2-13-8-9-17-14(10-13)11-16(18(26)22-17)19(27)23-20-24-21-12-25(20)15-6-4-3-5-7-15/h3-7,11-13H,2,8-10H2,1H3,(H,22,26)(H,23,24,27). The van der Waals surface area contributed by atoms with Crippen molar-refractivity contribution in [1.82, 2.24) is 19.7 Å². The van der Waals surface area contributed by atoms with Crippen LogP contribution in [0.3, 0.4) is 0 Å². The minimum atomic E-state index is -0.483. The first-order valence-corrected chi connectivity index (χ1v) is 9.17. The Balaban J connectivity index is 1.62. The van der Waals surface area contributed by atoms with Gasteiger partial charge in [-0.05, 0) is 48.9 Å². The van der Waals surface area contributed by atoms with Crippen molar-refractivity contribution in [1.29, 1.82) is 0 Å². The molecule has 1 aliphatic carbocycles. The number of carbonyl (C=O) groups is 1. The molecule has 1 aromatic carbocycles. The number of rotatable bonds is 4. The zero-order valence-corrected chi connectivity index (χ0v) is 15.1. The molecule has 1 amide bonds. The van der Waals surface area contributed by atoms with E-state index in [1.54, 1.807) is 10.6 Å². The van der Waals surface area contributed by atoms with Crippen LogP contribution in [0.25, 0.3) is 5.69 Å². The molecule has 1 atom stereocenters. The molecule has 0 bridgehead atoms. The quantitative estimate of drug-likeness (QED) is 0.745. The molecule has 0 fully saturated rings. The van der Waals surface area contributed by atoms with Gasteiger partial charge < -0.3 is 4.98 Å². The Hall–Kier alpha value is -3.22. The molecule has 0 aliphatic heterocycles. The van der Waals surface area contributed by atoms with E-state index < -0.39 is 5.91 Å². The third-order valence-electron chi connectivity index (χ3n) is 5.16. The average molecular weight is 363 g/mol. The molecule has 2 heterocycles. The van der Waals surface area contributed by atoms with Crippen molar-refractivity contribution in [2.24, 2.45) is 5.92 Å². The van der Waals surface area contributed by atoms with Gasteiger partial charge in [-0.3, -0.25) is 19.5 Å². The number of amides is 1. The number of hydrogen-bond donors (Lipinski definition) is 2. The molecule has 2 aromatic heterocycles. The van der Waals surface area contributed by atoms with Crippen LogP contribution >= 0.6 is 0 Å². The molecule has 4 rings (SSSR count). The zero-order valence-electron chi connectivity index (χ0n) is 15.1. The Morgan fingerprint density at radius 2 is 2.15 bits per heavy atom. The Kier molecular flexibility index (Phi) is 4.58. The Labute approximate surface area is 156 Å². The largest absolute Gasteiger partial charge is 0.325 e. The van der Waals surface area contributed by atoms with Gasteiger partial charge in [-0.2, -0.15) is 0 Å². The summed E-state index contributed by atoms with van der Waals surface area (Å²) in [5.41, 5.74) is 2.57. The molecule has 0 saturated carbocycles. The van der Waals surface area contributed by atoms with E-state index in [-0.39, 0.29) is 17.1 Å². The molecular formula is C20H21N5O2. The summed E-state index contributed by atoms with van der Waals surface area (Å²) in [6, 6.07) is 11.2. The molecule has 138 valence electrons. The van der Waals surface area contributed by atoms with Gasteiger partial charge >= 0.3 is 0 Å². The number of carbonyl (C=O) groups excluding carboxylic acids is 1. The van der Waals surface area contributed by atoms with Crippen LogP contribution in [0.2, 0.25) is 0 Å². The molecule has 2 N–H and O–H groups in total. The molecule has 0 spiro atoms. The highest BCUT2D eigenvalue weighted by atomic mass is 16.2. The summed E-state index contributed by atoms with van der Waals surface area (Å²) in [4.78, 5) is 28.0. The second-order valence-electron chi connectivity index (χ2n) is 6.85. The monoisotopic (exact) mass is 363 g/mol. The van der Waals surface area contributed by atoms with Crippen molar-refractivity contribution in [3.63, 3.8) is 0 Å². The lowest BCUT2D eigenvalue weighted by Gasteiger charge is -2.23. The first kappa shape index (κ1) is 17.2. The summed E-state index contributed by atoms with van der Waals surface area (Å²) in [6.45, 7) is 2.17. The predicted octanol–water partition coefficient (Wildman–Crippen LogP) is 2.72. The lowest BCUT2D eigenvalue weighted by Crippen LogP contribution is -2.28. The second kappa shape index (κ2) is 7.19. The molecule has 1 aliphatic rings. The lowest BCUT2D eigenvalue weighted by atomic mass is 9.84. The second-order valence-corrected chi connectivity index (χ2v) is 6.85. The van der Waals surface area contributed by atoms with Gasteiger partial charge in [0.05, 0.1) is 5.69 Å². The summed E-state index contributed by atoms with van der Waals surface area (Å²) in [6.07, 6.45) is 5.44. The van der Waals surface area contributed by atoms with Gasteiger partial charge in [0.15, 0.2) is 0 Å². The molecule has 7 heteroatoms. The Morgan fingerprint density at radius 3 is 2.93 bits per heavy atom. The highest BCUT2D eigenvalue weighted by Crippen LogP contribution is 2.26. The lowest BCUT2D eigenvalue weighted by molar-refractivity contribution is 0.102. The minimum Gasteiger partial charge on any atom is -0.325 e. The maximum Gasteiger partial charge on any atom is 0.263 e. The smallest absolute Gasteiger partial charge is 0.263 e. The van der Waals surface area contributed by atoms with E-state index in [1.165, 1.54) is 6.33 Å². The van der Waals surface area contributed by atoms with Crippen molar-refractivity contribution in [3.05, 3.63) is 69.9 Å². The van der Waals surface area contributed by atoms with Gasteiger partial charge in [0.2, 0.25) is 5.95 Å². The highest BCUT2D eigenvalue weighted by molar-refractivity contribution is 6.03. The fraction of sp³-hybridized carbons (Fsp3) is 0.300. The third-order valence-corrected chi connectivity index (χ3v) is 5.16. The Bertz CT molecular complexity index is 1020. The van der Waals surface area contributed by atoms with Crippen LogP contribution in [0, 0.1) is 5.92 Å². The first-order valence-electron chi connectivity index (χ1n) is 9.17. The summed E-state index contributed by atoms with van der Waals surface area (Å²) in [5.74, 6) is 0.387. The van der Waals surface area contributed by atoms with Gasteiger partial charge in [0, 0.05) is 5.69 Å². The topological polar surface area (TPSA) is 92.7 Å². The van der Waals surface area contributed by atoms with Gasteiger partial charge in [0.25, 0.3) is 11.5 Å². The van der Waals surface area contributed by atoms with Crippen LogP contribution < -0.4 is 10.9 Å². The van der Waals surface area contributed by atoms with Crippen molar-refractivity contribution in [2.45, 2.75) is 32.6 Å². The number of aromatic amines is 1. The van der Waals surface area contributed by atoms with E-state index in [1.807, 2.05) is 30.3 Å². The number of nitrogens with one attached hydrogen (secondary N) is 2. The summed E-state index contributed by atoms with van der Waals surface area (Å²) in [5, 5.41) is 10.5. The van der Waals surface area contributed by atoms with E-state index in [0.717, 1.165) is 42.6 Å². The summed E-state index contributed by atoms with van der Waals surface area (Å²) in [7, 11) is 0. The van der Waals surface area contributed by atoms with Crippen molar-refractivity contribution in [2.75, 3.05) is 5.32 Å². The molecule has 7 nitrogen and oxygen atoms in total. The van der Waals surface area contributed by atoms with E-state index in [0.29, 0.717) is 5.92 Å². The van der Waals surface area contributed by atoms with Crippen LogP contribution in [0.4, 0.5) is 5.95 Å². The van der Waals surface area contributed by atoms with E-state index in [4.69, 9.17) is 0 Å². The maximum atomic E-state index is 12.7. The summed E-state index contributed by atoms with van der Waals surface area (Å²) < 4.78 is 1.66.